The van der Waals surface area contributed by atoms with E-state index in [9.17, 15) is 4.79 Å². The van der Waals surface area contributed by atoms with E-state index in [0.29, 0.717) is 0 Å². The van der Waals surface area contributed by atoms with Crippen molar-refractivity contribution in [2.24, 2.45) is 4.99 Å². The second-order valence-electron chi connectivity index (χ2n) is 6.89. The van der Waals surface area contributed by atoms with Gasteiger partial charge in [-0.15, -0.1) is 24.0 Å². The van der Waals surface area contributed by atoms with Crippen molar-refractivity contribution in [2.45, 2.75) is 38.8 Å². The van der Waals surface area contributed by atoms with Crippen molar-refractivity contribution in [1.29, 1.82) is 0 Å². The highest BCUT2D eigenvalue weighted by atomic mass is 127. The second-order valence-corrected chi connectivity index (χ2v) is 6.89. The van der Waals surface area contributed by atoms with Crippen molar-refractivity contribution in [2.75, 3.05) is 46.8 Å². The Hall–Kier alpha value is -1.29. The minimum absolute atomic E-state index is 0. The Bertz CT molecular complexity index is 561. The molecule has 2 N–H and O–H groups in total. The molecular weight excluding hydrogens is 455 g/mol. The molecule has 1 unspecified atom stereocenters. The summed E-state index contributed by atoms with van der Waals surface area (Å²) >= 11 is 0. The monoisotopic (exact) mass is 490 g/mol. The third-order valence-electron chi connectivity index (χ3n) is 4.64. The Morgan fingerprint density at radius 2 is 1.96 bits per heavy atom. The number of amides is 1. The van der Waals surface area contributed by atoms with Gasteiger partial charge in [0.15, 0.2) is 5.96 Å². The molecule has 0 aliphatic carbocycles. The Balaban J connectivity index is 0.00000364. The van der Waals surface area contributed by atoms with Crippen LogP contribution in [0.25, 0.3) is 0 Å². The first-order valence-electron chi connectivity index (χ1n) is 9.70. The average Bonchev–Trinajstić information content (AvgIpc) is 3.29. The molecule has 1 aromatic heterocycles. The van der Waals surface area contributed by atoms with Gasteiger partial charge in [0.1, 0.15) is 0 Å². The van der Waals surface area contributed by atoms with Crippen LogP contribution in [0.2, 0.25) is 0 Å². The molecule has 7 nitrogen and oxygen atoms in total. The van der Waals surface area contributed by atoms with Crippen molar-refractivity contribution in [1.82, 2.24) is 25.0 Å². The van der Waals surface area contributed by atoms with Crippen LogP contribution in [0.15, 0.2) is 29.5 Å². The Kier molecular flexibility index (Phi) is 11.4. The molecule has 0 spiro atoms. The molecule has 1 saturated heterocycles. The number of hydrogen-bond donors (Lipinski definition) is 2. The van der Waals surface area contributed by atoms with Gasteiger partial charge in [0.05, 0.1) is 6.04 Å². The molecule has 2 heterocycles. The quantitative estimate of drug-likeness (QED) is 0.239. The summed E-state index contributed by atoms with van der Waals surface area (Å²) < 4.78 is 2.14. The van der Waals surface area contributed by atoms with E-state index in [1.807, 2.05) is 26.2 Å². The van der Waals surface area contributed by atoms with Gasteiger partial charge in [-0.25, -0.2) is 0 Å². The molecular formula is C19H35IN6O. The van der Waals surface area contributed by atoms with Crippen molar-refractivity contribution < 1.29 is 4.79 Å². The number of likely N-dealkylation sites (tertiary alicyclic amines) is 1. The summed E-state index contributed by atoms with van der Waals surface area (Å²) in [5.41, 5.74) is 0. The largest absolute Gasteiger partial charge is 0.357 e. The van der Waals surface area contributed by atoms with Crippen LogP contribution in [0.3, 0.4) is 0 Å². The lowest BCUT2D eigenvalue weighted by atomic mass is 10.2. The third-order valence-corrected chi connectivity index (χ3v) is 4.64. The van der Waals surface area contributed by atoms with Crippen LogP contribution in [-0.2, 0) is 11.3 Å². The van der Waals surface area contributed by atoms with Crippen LogP contribution in [0.4, 0.5) is 0 Å². The number of nitrogens with one attached hydrogen (secondary N) is 2. The SMILES string of the molecule is CCNC(=NCCCN1CCCC1C(=O)N(C)C)NCCn1cccc1.I. The summed E-state index contributed by atoms with van der Waals surface area (Å²) in [4.78, 5) is 20.9. The van der Waals surface area contributed by atoms with Crippen molar-refractivity contribution in [3.05, 3.63) is 24.5 Å². The lowest BCUT2D eigenvalue weighted by molar-refractivity contribution is -0.133. The zero-order valence-electron chi connectivity index (χ0n) is 16.9. The number of nitrogens with zero attached hydrogens (tertiary/aromatic N) is 4. The minimum Gasteiger partial charge on any atom is -0.357 e. The van der Waals surface area contributed by atoms with Gasteiger partial charge in [-0.05, 0) is 44.9 Å². The summed E-state index contributed by atoms with van der Waals surface area (Å²) in [7, 11) is 3.68. The Labute approximate surface area is 180 Å². The van der Waals surface area contributed by atoms with Gasteiger partial charge in [-0.2, -0.15) is 0 Å². The molecule has 0 bridgehead atoms. The predicted octanol–water partition coefficient (Wildman–Crippen LogP) is 1.60. The molecule has 27 heavy (non-hydrogen) atoms. The van der Waals surface area contributed by atoms with Crippen LogP contribution in [0, 0.1) is 0 Å². The van der Waals surface area contributed by atoms with Gasteiger partial charge in [0.25, 0.3) is 0 Å². The smallest absolute Gasteiger partial charge is 0.239 e. The summed E-state index contributed by atoms with van der Waals surface area (Å²) in [6.07, 6.45) is 7.17. The maximum atomic E-state index is 12.2. The molecule has 2 rings (SSSR count). The van der Waals surface area contributed by atoms with Crippen molar-refractivity contribution in [3.8, 4) is 0 Å². The highest BCUT2D eigenvalue weighted by molar-refractivity contribution is 14.0. The van der Waals surface area contributed by atoms with Crippen LogP contribution in [-0.4, -0.2) is 79.1 Å². The van der Waals surface area contributed by atoms with Gasteiger partial charge >= 0.3 is 0 Å². The van der Waals surface area contributed by atoms with Crippen LogP contribution >= 0.6 is 24.0 Å². The fourth-order valence-electron chi connectivity index (χ4n) is 3.30. The molecule has 0 aromatic carbocycles. The molecule has 0 saturated carbocycles. The number of aromatic nitrogens is 1. The lowest BCUT2D eigenvalue weighted by Crippen LogP contribution is -2.43. The molecule has 154 valence electrons. The number of halogens is 1. The van der Waals surface area contributed by atoms with Crippen molar-refractivity contribution in [3.63, 3.8) is 0 Å². The standard InChI is InChI=1S/C19H34N6O.HI/c1-4-20-19(22-11-16-24-12-5-6-13-24)21-10-8-15-25-14-7-9-17(25)18(26)23(2)3;/h5-6,12-13,17H,4,7-11,14-16H2,1-3H3,(H2,20,21,22);1H. The first kappa shape index (κ1) is 23.7. The number of aliphatic imine (C=N–C) groups is 1. The van der Waals surface area contributed by atoms with E-state index in [4.69, 9.17) is 0 Å². The number of rotatable bonds is 9. The zero-order chi connectivity index (χ0) is 18.8. The van der Waals surface area contributed by atoms with E-state index in [1.165, 1.54) is 0 Å². The summed E-state index contributed by atoms with van der Waals surface area (Å²) in [5, 5.41) is 6.66. The van der Waals surface area contributed by atoms with E-state index < -0.39 is 0 Å². The van der Waals surface area contributed by atoms with Crippen LogP contribution < -0.4 is 10.6 Å². The van der Waals surface area contributed by atoms with Gasteiger partial charge in [-0.1, -0.05) is 0 Å². The minimum atomic E-state index is 0. The number of guanidine groups is 1. The highest BCUT2D eigenvalue weighted by Gasteiger charge is 2.30. The maximum Gasteiger partial charge on any atom is 0.239 e. The number of likely N-dealkylation sites (N-methyl/N-ethyl adjacent to an activating group) is 1. The van der Waals surface area contributed by atoms with Gasteiger partial charge in [-0.3, -0.25) is 14.7 Å². The second kappa shape index (κ2) is 13.0. The van der Waals surface area contributed by atoms with Crippen molar-refractivity contribution >= 4 is 35.8 Å². The molecule has 1 aliphatic heterocycles. The topological polar surface area (TPSA) is 64.9 Å². The summed E-state index contributed by atoms with van der Waals surface area (Å²) in [5.74, 6) is 1.09. The fraction of sp³-hybridized carbons (Fsp3) is 0.684. The number of hydrogen-bond acceptors (Lipinski definition) is 3. The normalized spacial score (nSPS) is 17.4. The van der Waals surface area contributed by atoms with E-state index in [0.717, 1.165) is 64.5 Å². The van der Waals surface area contributed by atoms with E-state index in [-0.39, 0.29) is 35.9 Å². The van der Waals surface area contributed by atoms with Gasteiger partial charge < -0.3 is 20.1 Å². The first-order valence-corrected chi connectivity index (χ1v) is 9.70. The number of carbonyl (C=O) groups is 1. The lowest BCUT2D eigenvalue weighted by Gasteiger charge is -2.25. The number of carbonyl (C=O) groups excluding carboxylic acids is 1. The molecule has 0 radical (unpaired) electrons. The van der Waals surface area contributed by atoms with Gasteiger partial charge in [0, 0.05) is 59.2 Å². The van der Waals surface area contributed by atoms with Crippen LogP contribution in [0.1, 0.15) is 26.2 Å². The molecule has 1 aliphatic rings. The molecule has 1 fully saturated rings. The molecule has 1 atom stereocenters. The summed E-state index contributed by atoms with van der Waals surface area (Å²) in [6.45, 7) is 7.38. The van der Waals surface area contributed by atoms with Gasteiger partial charge in [0.2, 0.25) is 5.91 Å². The van der Waals surface area contributed by atoms with E-state index in [1.54, 1.807) is 4.90 Å². The molecule has 1 aromatic rings. The van der Waals surface area contributed by atoms with E-state index in [2.05, 4.69) is 44.4 Å². The molecule has 8 heteroatoms. The third kappa shape index (κ3) is 8.08. The van der Waals surface area contributed by atoms with Crippen LogP contribution in [0.5, 0.6) is 0 Å². The molecule has 1 amide bonds. The van der Waals surface area contributed by atoms with E-state index >= 15 is 0 Å². The maximum absolute atomic E-state index is 12.2. The Morgan fingerprint density at radius 3 is 2.63 bits per heavy atom. The average molecular weight is 490 g/mol. The zero-order valence-corrected chi connectivity index (χ0v) is 19.2. The highest BCUT2D eigenvalue weighted by Crippen LogP contribution is 2.18. The first-order chi connectivity index (χ1) is 12.6. The Morgan fingerprint density at radius 1 is 1.22 bits per heavy atom. The predicted molar refractivity (Wildman–Crippen MR) is 122 cm³/mol. The fourth-order valence-corrected chi connectivity index (χ4v) is 3.30. The summed E-state index contributed by atoms with van der Waals surface area (Å²) in [6, 6.07) is 4.12.